The molecule has 5 heteroatoms. The fourth-order valence-corrected chi connectivity index (χ4v) is 3.84. The van der Waals surface area contributed by atoms with Crippen molar-refractivity contribution in [1.82, 2.24) is 0 Å². The first kappa shape index (κ1) is 24.0. The second-order valence-corrected chi connectivity index (χ2v) is 8.26. The van der Waals surface area contributed by atoms with Crippen LogP contribution >= 0.6 is 37.1 Å². The van der Waals surface area contributed by atoms with Crippen molar-refractivity contribution in [3.63, 3.8) is 0 Å². The molecule has 0 aromatic heterocycles. The Hall–Kier alpha value is 0. The molecule has 0 saturated carbocycles. The number of hydrogen-bond acceptors (Lipinski definition) is 4. The van der Waals surface area contributed by atoms with Crippen molar-refractivity contribution in [1.29, 1.82) is 0 Å². The summed E-state index contributed by atoms with van der Waals surface area (Å²) in [6.45, 7) is 4.18. The molecule has 24 heavy (non-hydrogen) atoms. The first-order chi connectivity index (χ1) is 11.4. The highest BCUT2D eigenvalue weighted by molar-refractivity contribution is 7.93. The molecular formula is C19H34O2S3. The van der Waals surface area contributed by atoms with Gasteiger partial charge in [0.15, 0.2) is 0 Å². The summed E-state index contributed by atoms with van der Waals surface area (Å²) < 4.78 is -1.28. The van der Waals surface area contributed by atoms with Gasteiger partial charge in [0.05, 0.1) is 4.86 Å². The van der Waals surface area contributed by atoms with E-state index in [4.69, 9.17) is 24.4 Å². The topological polar surface area (TPSA) is 37.3 Å². The lowest BCUT2D eigenvalue weighted by Gasteiger charge is -2.24. The van der Waals surface area contributed by atoms with Crippen LogP contribution in [0.4, 0.5) is 0 Å². The van der Waals surface area contributed by atoms with Crippen LogP contribution in [0.1, 0.15) is 97.3 Å². The minimum atomic E-state index is -1.28. The summed E-state index contributed by atoms with van der Waals surface area (Å²) in [4.78, 5) is 12.4. The van der Waals surface area contributed by atoms with Crippen molar-refractivity contribution in [3.05, 3.63) is 0 Å². The molecule has 0 rings (SSSR count). The van der Waals surface area contributed by atoms with Crippen molar-refractivity contribution in [2.45, 2.75) is 102 Å². The number of aliphatic carboxylic acids is 1. The Bertz CT molecular complexity index is 396. The molecule has 0 aromatic carbocycles. The van der Waals surface area contributed by atoms with Crippen molar-refractivity contribution in [2.24, 2.45) is 0 Å². The van der Waals surface area contributed by atoms with Crippen molar-refractivity contribution >= 4 is 52.8 Å². The molecule has 0 bridgehead atoms. The molecule has 0 amide bonds. The minimum absolute atomic E-state index is 0.339. The predicted molar refractivity (Wildman–Crippen MR) is 116 cm³/mol. The third kappa shape index (κ3) is 9.47. The maximum atomic E-state index is 11.5. The second kappa shape index (κ2) is 14.2. The van der Waals surface area contributed by atoms with Crippen LogP contribution in [0.2, 0.25) is 0 Å². The van der Waals surface area contributed by atoms with Crippen LogP contribution in [-0.4, -0.2) is 25.6 Å². The number of thiol groups is 1. The number of carbonyl (C=O) groups is 1. The van der Waals surface area contributed by atoms with E-state index >= 15 is 0 Å². The first-order valence-electron chi connectivity index (χ1n) is 9.43. The van der Waals surface area contributed by atoms with E-state index in [1.165, 1.54) is 51.4 Å². The summed E-state index contributed by atoms with van der Waals surface area (Å²) in [6.07, 6.45) is 14.5. The van der Waals surface area contributed by atoms with Gasteiger partial charge in [0.2, 0.25) is 0 Å². The SMILES string of the molecule is CCCCCCCCCCCCC(=S)C(=S)C(S)(CCC)C(=O)O. The molecule has 0 heterocycles. The first-order valence-corrected chi connectivity index (χ1v) is 10.7. The number of carboxylic acids is 1. The van der Waals surface area contributed by atoms with Gasteiger partial charge in [0.1, 0.15) is 4.75 Å². The third-order valence-corrected chi connectivity index (χ3v) is 6.27. The van der Waals surface area contributed by atoms with Gasteiger partial charge in [-0.2, -0.15) is 12.6 Å². The molecule has 0 aliphatic heterocycles. The Morgan fingerprint density at radius 1 is 0.875 bits per heavy atom. The molecule has 0 aliphatic rings. The van der Waals surface area contributed by atoms with E-state index in [0.717, 1.165) is 19.3 Å². The molecule has 0 fully saturated rings. The molecule has 1 atom stereocenters. The standard InChI is InChI=1S/C19H34O2S3/c1-3-5-6-7-8-9-10-11-12-13-14-16(22)17(23)19(24,15-4-2)18(20)21/h24H,3-15H2,1-2H3,(H,20,21). The largest absolute Gasteiger partial charge is 0.480 e. The molecule has 2 nitrogen and oxygen atoms in total. The summed E-state index contributed by atoms with van der Waals surface area (Å²) in [5.41, 5.74) is 0. The molecule has 1 unspecified atom stereocenters. The van der Waals surface area contributed by atoms with E-state index in [2.05, 4.69) is 19.6 Å². The van der Waals surface area contributed by atoms with Gasteiger partial charge >= 0.3 is 5.97 Å². The molecule has 140 valence electrons. The van der Waals surface area contributed by atoms with Crippen molar-refractivity contribution < 1.29 is 9.90 Å². The monoisotopic (exact) mass is 390 g/mol. The average Bonchev–Trinajstić information content (AvgIpc) is 2.55. The lowest BCUT2D eigenvalue weighted by molar-refractivity contribution is -0.137. The maximum Gasteiger partial charge on any atom is 0.324 e. The lowest BCUT2D eigenvalue weighted by Crippen LogP contribution is -2.43. The van der Waals surface area contributed by atoms with E-state index in [1.54, 1.807) is 0 Å². The van der Waals surface area contributed by atoms with Crippen molar-refractivity contribution in [2.75, 3.05) is 0 Å². The van der Waals surface area contributed by atoms with Crippen LogP contribution in [0.15, 0.2) is 0 Å². The lowest BCUT2D eigenvalue weighted by atomic mass is 9.94. The van der Waals surface area contributed by atoms with Gasteiger partial charge in [0, 0.05) is 4.86 Å². The number of rotatable bonds is 16. The molecule has 0 radical (unpaired) electrons. The fourth-order valence-electron chi connectivity index (χ4n) is 2.80. The molecule has 0 aliphatic carbocycles. The van der Waals surface area contributed by atoms with E-state index in [-0.39, 0.29) is 0 Å². The number of carboxylic acid groups (broad SMARTS) is 1. The van der Waals surface area contributed by atoms with Gasteiger partial charge in [-0.3, -0.25) is 4.79 Å². The van der Waals surface area contributed by atoms with Gasteiger partial charge in [-0.1, -0.05) is 102 Å². The van der Waals surface area contributed by atoms with E-state index in [1.807, 2.05) is 6.92 Å². The van der Waals surface area contributed by atoms with Gasteiger partial charge in [-0.05, 0) is 19.3 Å². The molecule has 0 aromatic rings. The van der Waals surface area contributed by atoms with E-state index in [9.17, 15) is 9.90 Å². The summed E-state index contributed by atoms with van der Waals surface area (Å²) in [5, 5.41) is 9.41. The zero-order chi connectivity index (χ0) is 18.4. The molecular weight excluding hydrogens is 356 g/mol. The highest BCUT2D eigenvalue weighted by atomic mass is 32.1. The zero-order valence-corrected chi connectivity index (χ0v) is 17.8. The number of unbranched alkanes of at least 4 members (excludes halogenated alkanes) is 9. The highest BCUT2D eigenvalue weighted by Gasteiger charge is 2.39. The summed E-state index contributed by atoms with van der Waals surface area (Å²) in [5.74, 6) is -0.983. The van der Waals surface area contributed by atoms with Crippen LogP contribution in [-0.2, 0) is 4.79 Å². The van der Waals surface area contributed by atoms with Gasteiger partial charge < -0.3 is 5.11 Å². The van der Waals surface area contributed by atoms with E-state index < -0.39 is 10.7 Å². The smallest absolute Gasteiger partial charge is 0.324 e. The van der Waals surface area contributed by atoms with Gasteiger partial charge in [0.25, 0.3) is 0 Å². The van der Waals surface area contributed by atoms with Crippen LogP contribution in [0.3, 0.4) is 0 Å². The fraction of sp³-hybridized carbons (Fsp3) is 0.842. The third-order valence-electron chi connectivity index (χ3n) is 4.35. The Balaban J connectivity index is 3.89. The van der Waals surface area contributed by atoms with Crippen LogP contribution in [0.25, 0.3) is 0 Å². The predicted octanol–water partition coefficient (Wildman–Crippen LogP) is 6.59. The van der Waals surface area contributed by atoms with Crippen molar-refractivity contribution in [3.8, 4) is 0 Å². The Kier molecular flexibility index (Phi) is 14.2. The van der Waals surface area contributed by atoms with Gasteiger partial charge in [-0.25, -0.2) is 0 Å². The Labute approximate surface area is 164 Å². The zero-order valence-electron chi connectivity index (χ0n) is 15.3. The summed E-state index contributed by atoms with van der Waals surface area (Å²) in [7, 11) is 0. The second-order valence-electron chi connectivity index (χ2n) is 6.60. The van der Waals surface area contributed by atoms with E-state index in [0.29, 0.717) is 22.6 Å². The highest BCUT2D eigenvalue weighted by Crippen LogP contribution is 2.26. The maximum absolute atomic E-state index is 11.5. The summed E-state index contributed by atoms with van der Waals surface area (Å²) >= 11 is 15.0. The Morgan fingerprint density at radius 3 is 1.75 bits per heavy atom. The number of thiocarbonyl (C=S) groups is 2. The Morgan fingerprint density at radius 2 is 1.33 bits per heavy atom. The van der Waals surface area contributed by atoms with Crippen LogP contribution in [0.5, 0.6) is 0 Å². The summed E-state index contributed by atoms with van der Waals surface area (Å²) in [6, 6.07) is 0. The molecule has 0 saturated heterocycles. The van der Waals surface area contributed by atoms with Crippen LogP contribution in [0, 0.1) is 0 Å². The normalized spacial score (nSPS) is 13.5. The molecule has 0 spiro atoms. The quantitative estimate of drug-likeness (QED) is 0.177. The van der Waals surface area contributed by atoms with Crippen LogP contribution < -0.4 is 0 Å². The number of hydrogen-bond donors (Lipinski definition) is 2. The molecule has 1 N–H and O–H groups in total. The van der Waals surface area contributed by atoms with Gasteiger partial charge in [-0.15, -0.1) is 0 Å². The average molecular weight is 391 g/mol. The minimum Gasteiger partial charge on any atom is -0.480 e.